The normalized spacial score (nSPS) is 36.4. The average molecular weight is 299 g/mol. The number of carbonyl (C=O) groups excluding carboxylic acids is 1. The minimum absolute atomic E-state index is 0.254. The highest BCUT2D eigenvalue weighted by Gasteiger charge is 2.54. The summed E-state index contributed by atoms with van der Waals surface area (Å²) in [7, 11) is 0. The van der Waals surface area contributed by atoms with Gasteiger partial charge in [-0.15, -0.1) is 0 Å². The summed E-state index contributed by atoms with van der Waals surface area (Å²) in [6.45, 7) is 3.73. The van der Waals surface area contributed by atoms with E-state index in [1.54, 1.807) is 0 Å². The van der Waals surface area contributed by atoms with Gasteiger partial charge < -0.3 is 10.6 Å². The van der Waals surface area contributed by atoms with Gasteiger partial charge in [-0.05, 0) is 37.4 Å². The van der Waals surface area contributed by atoms with Crippen molar-refractivity contribution in [3.8, 4) is 0 Å². The quantitative estimate of drug-likeness (QED) is 0.918. The molecule has 0 aromatic heterocycles. The Kier molecular flexibility index (Phi) is 3.66. The van der Waals surface area contributed by atoms with Crippen molar-refractivity contribution in [2.24, 2.45) is 11.7 Å². The Morgan fingerprint density at radius 3 is 2.55 bits per heavy atom. The molecule has 1 aromatic carbocycles. The fourth-order valence-electron chi connectivity index (χ4n) is 4.96. The first kappa shape index (κ1) is 14.2. The standard InChI is InChI=1S/C18H25N3O/c19-9-6-16(22)21-12-15(13-4-2-1-3-5-13)18-17(21)14-7-10-20(18)11-8-14/h1-5,14-15,17-18H,6-12,19H2/t15-,17+,18+/m0/s1. The van der Waals surface area contributed by atoms with Gasteiger partial charge in [-0.2, -0.15) is 0 Å². The average Bonchev–Trinajstić information content (AvgIpc) is 3.00. The molecule has 22 heavy (non-hydrogen) atoms. The smallest absolute Gasteiger partial charge is 0.224 e. The van der Waals surface area contributed by atoms with E-state index in [2.05, 4.69) is 40.1 Å². The Morgan fingerprint density at radius 1 is 1.14 bits per heavy atom. The minimum Gasteiger partial charge on any atom is -0.337 e. The maximum Gasteiger partial charge on any atom is 0.224 e. The summed E-state index contributed by atoms with van der Waals surface area (Å²) in [5.41, 5.74) is 7.01. The van der Waals surface area contributed by atoms with Crippen molar-refractivity contribution in [2.75, 3.05) is 26.2 Å². The fraction of sp³-hybridized carbons (Fsp3) is 0.611. The van der Waals surface area contributed by atoms with Gasteiger partial charge in [-0.1, -0.05) is 30.3 Å². The topological polar surface area (TPSA) is 49.6 Å². The van der Waals surface area contributed by atoms with Crippen LogP contribution in [0.3, 0.4) is 0 Å². The van der Waals surface area contributed by atoms with Gasteiger partial charge in [-0.25, -0.2) is 0 Å². The number of nitrogens with zero attached hydrogens (tertiary/aromatic N) is 2. The summed E-state index contributed by atoms with van der Waals surface area (Å²) < 4.78 is 0. The molecule has 4 heterocycles. The van der Waals surface area contributed by atoms with Crippen molar-refractivity contribution >= 4 is 5.91 Å². The molecule has 4 heteroatoms. The van der Waals surface area contributed by atoms with Crippen molar-refractivity contribution in [3.63, 3.8) is 0 Å². The Morgan fingerprint density at radius 2 is 1.86 bits per heavy atom. The van der Waals surface area contributed by atoms with Crippen LogP contribution in [0.15, 0.2) is 30.3 Å². The molecule has 4 saturated heterocycles. The third-order valence-electron chi connectivity index (χ3n) is 5.90. The molecule has 4 aliphatic rings. The predicted molar refractivity (Wildman–Crippen MR) is 86.4 cm³/mol. The molecule has 0 unspecified atom stereocenters. The predicted octanol–water partition coefficient (Wildman–Crippen LogP) is 1.42. The summed E-state index contributed by atoms with van der Waals surface area (Å²) in [6, 6.07) is 11.7. The number of fused-ring (bicyclic) bond motifs is 2. The fourth-order valence-corrected chi connectivity index (χ4v) is 4.96. The molecule has 118 valence electrons. The molecule has 3 atom stereocenters. The SMILES string of the molecule is NCCC(=O)N1C[C@@H](c2ccccc2)[C@@H]2[C@H]1C1CCN2CC1. The van der Waals surface area contributed by atoms with E-state index in [0.29, 0.717) is 36.9 Å². The Balaban J connectivity index is 1.68. The lowest BCUT2D eigenvalue weighted by Gasteiger charge is -2.51. The largest absolute Gasteiger partial charge is 0.337 e. The lowest BCUT2D eigenvalue weighted by atomic mass is 9.75. The summed E-state index contributed by atoms with van der Waals surface area (Å²) in [4.78, 5) is 17.4. The van der Waals surface area contributed by atoms with Crippen LogP contribution in [0.25, 0.3) is 0 Å². The van der Waals surface area contributed by atoms with Crippen molar-refractivity contribution in [1.82, 2.24) is 9.80 Å². The molecular weight excluding hydrogens is 274 g/mol. The highest BCUT2D eigenvalue weighted by atomic mass is 16.2. The van der Waals surface area contributed by atoms with Crippen LogP contribution in [-0.4, -0.2) is 54.0 Å². The molecule has 2 bridgehead atoms. The summed E-state index contributed by atoms with van der Waals surface area (Å²) in [6.07, 6.45) is 2.97. The highest BCUT2D eigenvalue weighted by molar-refractivity contribution is 5.77. The number of carbonyl (C=O) groups is 1. The van der Waals surface area contributed by atoms with E-state index in [4.69, 9.17) is 5.73 Å². The Hall–Kier alpha value is -1.39. The van der Waals surface area contributed by atoms with Gasteiger partial charge in [0, 0.05) is 31.5 Å². The zero-order valence-corrected chi connectivity index (χ0v) is 13.0. The van der Waals surface area contributed by atoms with E-state index >= 15 is 0 Å². The van der Waals surface area contributed by atoms with E-state index < -0.39 is 0 Å². The van der Waals surface area contributed by atoms with Crippen molar-refractivity contribution < 1.29 is 4.79 Å². The number of likely N-dealkylation sites (tertiary alicyclic amines) is 1. The first-order chi connectivity index (χ1) is 10.8. The second kappa shape index (κ2) is 5.67. The molecule has 4 aliphatic heterocycles. The van der Waals surface area contributed by atoms with Crippen LogP contribution in [0.1, 0.15) is 30.7 Å². The highest BCUT2D eigenvalue weighted by Crippen LogP contribution is 2.46. The van der Waals surface area contributed by atoms with Crippen LogP contribution >= 0.6 is 0 Å². The van der Waals surface area contributed by atoms with Gasteiger partial charge in [0.2, 0.25) is 5.91 Å². The van der Waals surface area contributed by atoms with Crippen LogP contribution < -0.4 is 5.73 Å². The number of piperidine rings is 3. The van der Waals surface area contributed by atoms with Gasteiger partial charge in [0.25, 0.3) is 0 Å². The molecule has 5 rings (SSSR count). The van der Waals surface area contributed by atoms with Crippen molar-refractivity contribution in [1.29, 1.82) is 0 Å². The zero-order chi connectivity index (χ0) is 15.1. The maximum absolute atomic E-state index is 12.6. The molecule has 4 fully saturated rings. The molecule has 1 amide bonds. The number of nitrogens with two attached hydrogens (primary N) is 1. The molecule has 0 radical (unpaired) electrons. The molecule has 1 aromatic rings. The third kappa shape index (κ3) is 2.17. The van der Waals surface area contributed by atoms with E-state index in [1.807, 2.05) is 0 Å². The van der Waals surface area contributed by atoms with Crippen molar-refractivity contribution in [2.45, 2.75) is 37.3 Å². The second-order valence-corrected chi connectivity index (χ2v) is 6.96. The van der Waals surface area contributed by atoms with Crippen LogP contribution in [0.4, 0.5) is 0 Å². The lowest BCUT2D eigenvalue weighted by molar-refractivity contribution is -0.135. The monoisotopic (exact) mass is 299 g/mol. The number of amides is 1. The zero-order valence-electron chi connectivity index (χ0n) is 13.0. The summed E-state index contributed by atoms with van der Waals surface area (Å²) in [5, 5.41) is 0. The van der Waals surface area contributed by atoms with Crippen LogP contribution in [0, 0.1) is 5.92 Å². The first-order valence-electron chi connectivity index (χ1n) is 8.58. The van der Waals surface area contributed by atoms with Gasteiger partial charge in [0.05, 0.1) is 6.04 Å². The summed E-state index contributed by atoms with van der Waals surface area (Å²) >= 11 is 0. The number of hydrogen-bond donors (Lipinski definition) is 1. The molecular formula is C18H25N3O. The summed E-state index contributed by atoms with van der Waals surface area (Å²) in [5.74, 6) is 1.39. The molecule has 0 spiro atoms. The van der Waals surface area contributed by atoms with Gasteiger partial charge >= 0.3 is 0 Å². The number of benzene rings is 1. The third-order valence-corrected chi connectivity index (χ3v) is 5.90. The minimum atomic E-state index is 0.254. The molecule has 4 nitrogen and oxygen atoms in total. The molecule has 0 saturated carbocycles. The Labute approximate surface area is 132 Å². The molecule has 2 N–H and O–H groups in total. The van der Waals surface area contributed by atoms with Gasteiger partial charge in [0.15, 0.2) is 0 Å². The van der Waals surface area contributed by atoms with Crippen LogP contribution in [-0.2, 0) is 4.79 Å². The van der Waals surface area contributed by atoms with Crippen molar-refractivity contribution in [3.05, 3.63) is 35.9 Å². The lowest BCUT2D eigenvalue weighted by Crippen LogP contribution is -2.60. The van der Waals surface area contributed by atoms with E-state index in [-0.39, 0.29) is 5.91 Å². The van der Waals surface area contributed by atoms with E-state index in [1.165, 1.54) is 31.5 Å². The van der Waals surface area contributed by atoms with E-state index in [9.17, 15) is 4.79 Å². The van der Waals surface area contributed by atoms with Gasteiger partial charge in [0.1, 0.15) is 0 Å². The molecule has 0 aliphatic carbocycles. The second-order valence-electron chi connectivity index (χ2n) is 6.96. The Bertz CT molecular complexity index is 539. The number of hydrogen-bond acceptors (Lipinski definition) is 3. The number of rotatable bonds is 3. The first-order valence-corrected chi connectivity index (χ1v) is 8.58. The van der Waals surface area contributed by atoms with E-state index in [0.717, 1.165) is 6.54 Å². The van der Waals surface area contributed by atoms with Crippen LogP contribution in [0.5, 0.6) is 0 Å². The van der Waals surface area contributed by atoms with Gasteiger partial charge in [-0.3, -0.25) is 9.69 Å². The van der Waals surface area contributed by atoms with Crippen LogP contribution in [0.2, 0.25) is 0 Å². The maximum atomic E-state index is 12.6.